The Labute approximate surface area is 143 Å². The predicted molar refractivity (Wildman–Crippen MR) is 96.9 cm³/mol. The second-order valence-corrected chi connectivity index (χ2v) is 6.35. The molecule has 2 N–H and O–H groups in total. The summed E-state index contributed by atoms with van der Waals surface area (Å²) in [5.74, 6) is 1.08. The zero-order valence-corrected chi connectivity index (χ0v) is 14.7. The topological polar surface area (TPSA) is 63.2 Å². The van der Waals surface area contributed by atoms with E-state index < -0.39 is 0 Å². The number of ether oxygens (including phenoxy) is 1. The van der Waals surface area contributed by atoms with Gasteiger partial charge in [0.15, 0.2) is 0 Å². The van der Waals surface area contributed by atoms with Gasteiger partial charge in [-0.1, -0.05) is 13.8 Å². The van der Waals surface area contributed by atoms with Crippen molar-refractivity contribution < 1.29 is 9.53 Å². The summed E-state index contributed by atoms with van der Waals surface area (Å²) in [6.07, 6.45) is 1.78. The first-order chi connectivity index (χ1) is 11.4. The molecule has 0 atom stereocenters. The smallest absolute Gasteiger partial charge is 0.269 e. The van der Waals surface area contributed by atoms with Gasteiger partial charge in [0.1, 0.15) is 11.4 Å². The van der Waals surface area contributed by atoms with E-state index in [-0.39, 0.29) is 12.0 Å². The highest BCUT2D eigenvalue weighted by Crippen LogP contribution is 2.21. The summed E-state index contributed by atoms with van der Waals surface area (Å²) < 4.78 is 5.63. The molecule has 0 spiro atoms. The summed E-state index contributed by atoms with van der Waals surface area (Å²) >= 11 is 0. The second kappa shape index (κ2) is 8.34. The highest BCUT2D eigenvalue weighted by atomic mass is 16.5. The molecule has 1 aromatic heterocycles. The molecule has 1 aromatic carbocycles. The van der Waals surface area contributed by atoms with Crippen LogP contribution in [0.3, 0.4) is 0 Å². The highest BCUT2D eigenvalue weighted by Gasteiger charge is 2.08. The molecule has 5 nitrogen and oxygen atoms in total. The Morgan fingerprint density at radius 3 is 2.42 bits per heavy atom. The normalized spacial score (nSPS) is 10.8. The molecule has 2 rings (SSSR count). The first kappa shape index (κ1) is 17.8. The lowest BCUT2D eigenvalue weighted by atomic mass is 10.2. The summed E-state index contributed by atoms with van der Waals surface area (Å²) in [5, 5.41) is 6.14. The molecule has 1 amide bonds. The summed E-state index contributed by atoms with van der Waals surface area (Å²) in [4.78, 5) is 16.2. The number of benzene rings is 1. The molecule has 0 unspecified atom stereocenters. The van der Waals surface area contributed by atoms with E-state index in [2.05, 4.69) is 29.5 Å². The number of hydrogen-bond donors (Lipinski definition) is 2. The van der Waals surface area contributed by atoms with Gasteiger partial charge in [-0.05, 0) is 56.2 Å². The molecule has 0 bridgehead atoms. The molecule has 5 heteroatoms. The Bertz CT molecular complexity index is 667. The minimum Gasteiger partial charge on any atom is -0.491 e. The van der Waals surface area contributed by atoms with Crippen molar-refractivity contribution in [3.63, 3.8) is 0 Å². The summed E-state index contributed by atoms with van der Waals surface area (Å²) in [7, 11) is 0. The Morgan fingerprint density at radius 1 is 1.08 bits per heavy atom. The SMILES string of the molecule is CC(C)CNC(=O)c1cc(Nc2ccc(OC(C)C)cc2)ccn1. The Kier molecular flexibility index (Phi) is 6.18. The predicted octanol–water partition coefficient (Wildman–Crippen LogP) is 4.00. The summed E-state index contributed by atoms with van der Waals surface area (Å²) in [6.45, 7) is 8.73. The van der Waals surface area contributed by atoms with Crippen molar-refractivity contribution in [2.45, 2.75) is 33.8 Å². The van der Waals surface area contributed by atoms with Crippen LogP contribution in [0.5, 0.6) is 5.75 Å². The number of carbonyl (C=O) groups is 1. The number of nitrogens with one attached hydrogen (secondary N) is 2. The zero-order chi connectivity index (χ0) is 17.5. The molecule has 24 heavy (non-hydrogen) atoms. The van der Waals surface area contributed by atoms with Crippen LogP contribution in [0.15, 0.2) is 42.6 Å². The number of carbonyl (C=O) groups excluding carboxylic acids is 1. The van der Waals surface area contributed by atoms with Gasteiger partial charge in [0, 0.05) is 24.1 Å². The first-order valence-electron chi connectivity index (χ1n) is 8.22. The lowest BCUT2D eigenvalue weighted by Gasteiger charge is -2.12. The van der Waals surface area contributed by atoms with Crippen molar-refractivity contribution in [3.8, 4) is 5.75 Å². The van der Waals surface area contributed by atoms with Crippen molar-refractivity contribution >= 4 is 17.3 Å². The standard InChI is InChI=1S/C19H25N3O2/c1-13(2)12-21-19(23)18-11-16(9-10-20-18)22-15-5-7-17(8-6-15)24-14(3)4/h5-11,13-14H,12H2,1-4H3,(H,20,22)(H,21,23). The van der Waals surface area contributed by atoms with Gasteiger partial charge in [-0.25, -0.2) is 0 Å². The van der Waals surface area contributed by atoms with E-state index >= 15 is 0 Å². The third-order valence-electron chi connectivity index (χ3n) is 3.18. The van der Waals surface area contributed by atoms with E-state index in [9.17, 15) is 4.79 Å². The highest BCUT2D eigenvalue weighted by molar-refractivity contribution is 5.93. The maximum absolute atomic E-state index is 12.1. The molecule has 0 aliphatic rings. The van der Waals surface area contributed by atoms with Gasteiger partial charge < -0.3 is 15.4 Å². The van der Waals surface area contributed by atoms with Gasteiger partial charge in [0.05, 0.1) is 6.10 Å². The molecule has 0 aliphatic heterocycles. The molecule has 128 valence electrons. The van der Waals surface area contributed by atoms with Gasteiger partial charge in [-0.15, -0.1) is 0 Å². The number of nitrogens with zero attached hydrogens (tertiary/aromatic N) is 1. The number of rotatable bonds is 7. The maximum atomic E-state index is 12.1. The van der Waals surface area contributed by atoms with Crippen molar-refractivity contribution in [3.05, 3.63) is 48.3 Å². The molecule has 0 saturated carbocycles. The number of amides is 1. The molecular weight excluding hydrogens is 302 g/mol. The monoisotopic (exact) mass is 327 g/mol. The van der Waals surface area contributed by atoms with Crippen molar-refractivity contribution in [2.75, 3.05) is 11.9 Å². The van der Waals surface area contributed by atoms with E-state index in [4.69, 9.17) is 4.74 Å². The fourth-order valence-electron chi connectivity index (χ4n) is 2.08. The van der Waals surface area contributed by atoms with Gasteiger partial charge in [0.2, 0.25) is 0 Å². The number of anilines is 2. The van der Waals surface area contributed by atoms with Crippen LogP contribution >= 0.6 is 0 Å². The van der Waals surface area contributed by atoms with E-state index in [1.807, 2.05) is 44.2 Å². The van der Waals surface area contributed by atoms with Crippen molar-refractivity contribution in [1.29, 1.82) is 0 Å². The van der Waals surface area contributed by atoms with Crippen LogP contribution in [0.2, 0.25) is 0 Å². The Balaban J connectivity index is 2.02. The number of pyridine rings is 1. The maximum Gasteiger partial charge on any atom is 0.269 e. The van der Waals surface area contributed by atoms with Crippen LogP contribution in [-0.2, 0) is 0 Å². The lowest BCUT2D eigenvalue weighted by molar-refractivity contribution is 0.0944. The zero-order valence-electron chi connectivity index (χ0n) is 14.7. The van der Waals surface area contributed by atoms with E-state index in [0.29, 0.717) is 18.2 Å². The van der Waals surface area contributed by atoms with Crippen LogP contribution < -0.4 is 15.4 Å². The minimum absolute atomic E-state index is 0.149. The van der Waals surface area contributed by atoms with Crippen LogP contribution in [0, 0.1) is 5.92 Å². The number of hydrogen-bond acceptors (Lipinski definition) is 4. The minimum atomic E-state index is -0.159. The molecule has 0 fully saturated rings. The van der Waals surface area contributed by atoms with E-state index in [1.165, 1.54) is 0 Å². The van der Waals surface area contributed by atoms with Crippen LogP contribution in [-0.4, -0.2) is 23.5 Å². The van der Waals surface area contributed by atoms with Gasteiger partial charge in [0.25, 0.3) is 5.91 Å². The third kappa shape index (κ3) is 5.57. The molecule has 0 radical (unpaired) electrons. The van der Waals surface area contributed by atoms with Crippen LogP contribution in [0.1, 0.15) is 38.2 Å². The summed E-state index contributed by atoms with van der Waals surface area (Å²) in [6, 6.07) is 11.3. The van der Waals surface area contributed by atoms with Crippen LogP contribution in [0.25, 0.3) is 0 Å². The fourth-order valence-corrected chi connectivity index (χ4v) is 2.08. The average Bonchev–Trinajstić information content (AvgIpc) is 2.54. The average molecular weight is 327 g/mol. The molecule has 0 aliphatic carbocycles. The molecule has 2 aromatic rings. The van der Waals surface area contributed by atoms with Crippen molar-refractivity contribution in [2.24, 2.45) is 5.92 Å². The van der Waals surface area contributed by atoms with Gasteiger partial charge in [-0.3, -0.25) is 9.78 Å². The fraction of sp³-hybridized carbons (Fsp3) is 0.368. The van der Waals surface area contributed by atoms with Gasteiger partial charge in [-0.2, -0.15) is 0 Å². The first-order valence-corrected chi connectivity index (χ1v) is 8.22. The van der Waals surface area contributed by atoms with Crippen molar-refractivity contribution in [1.82, 2.24) is 10.3 Å². The Hall–Kier alpha value is -2.56. The number of aromatic nitrogens is 1. The molecular formula is C19H25N3O2. The van der Waals surface area contributed by atoms with E-state index in [0.717, 1.165) is 17.1 Å². The van der Waals surface area contributed by atoms with Gasteiger partial charge >= 0.3 is 0 Å². The lowest BCUT2D eigenvalue weighted by Crippen LogP contribution is -2.28. The van der Waals surface area contributed by atoms with E-state index in [1.54, 1.807) is 12.3 Å². The second-order valence-electron chi connectivity index (χ2n) is 6.35. The molecule has 0 saturated heterocycles. The largest absolute Gasteiger partial charge is 0.491 e. The summed E-state index contributed by atoms with van der Waals surface area (Å²) in [5.41, 5.74) is 2.14. The Morgan fingerprint density at radius 2 is 1.79 bits per heavy atom. The van der Waals surface area contributed by atoms with Crippen LogP contribution in [0.4, 0.5) is 11.4 Å². The quantitative estimate of drug-likeness (QED) is 0.807. The molecule has 1 heterocycles. The third-order valence-corrected chi connectivity index (χ3v) is 3.18.